The molecule has 116 valence electrons. The van der Waals surface area contributed by atoms with Crippen LogP contribution in [0.15, 0.2) is 24.3 Å². The number of aliphatic hydroxyl groups is 1. The van der Waals surface area contributed by atoms with E-state index in [0.29, 0.717) is 11.4 Å². The monoisotopic (exact) mass is 333 g/mol. The Labute approximate surface area is 128 Å². The van der Waals surface area contributed by atoms with Gasteiger partial charge in [-0.05, 0) is 24.3 Å². The van der Waals surface area contributed by atoms with E-state index in [1.54, 1.807) is 24.3 Å². The molecule has 0 bridgehead atoms. The Morgan fingerprint density at radius 1 is 1.38 bits per heavy atom. The Bertz CT molecular complexity index is 616. The van der Waals surface area contributed by atoms with Gasteiger partial charge in [-0.2, -0.15) is 0 Å². The number of alkyl halides is 1. The Kier molecular flexibility index (Phi) is 4.75. The number of aliphatic hydroxyl groups excluding tert-OH is 1. The lowest BCUT2D eigenvalue weighted by atomic mass is 10.1. The van der Waals surface area contributed by atoms with Gasteiger partial charge in [0.05, 0.1) is 30.8 Å². The summed E-state index contributed by atoms with van der Waals surface area (Å²) < 4.78 is 28.3. The van der Waals surface area contributed by atoms with Gasteiger partial charge in [0.25, 0.3) is 0 Å². The molecule has 1 saturated heterocycles. The van der Waals surface area contributed by atoms with E-state index in [-0.39, 0.29) is 17.4 Å². The first kappa shape index (κ1) is 16.1. The second-order valence-electron chi connectivity index (χ2n) is 4.81. The van der Waals surface area contributed by atoms with Gasteiger partial charge < -0.3 is 14.7 Å². The number of ether oxygens (including phenoxy) is 1. The normalized spacial score (nSPS) is 23.8. The molecule has 1 aliphatic rings. The molecular formula is C13H16ClNO5S. The minimum atomic E-state index is -3.36. The fourth-order valence-electron chi connectivity index (χ4n) is 2.38. The SMILES string of the molecule is COc1ccc(N(C(=O)CCl)[C@@H]2CS(=O)(=O)C[C@H]2O)cc1. The van der Waals surface area contributed by atoms with Crippen LogP contribution >= 0.6 is 11.6 Å². The van der Waals surface area contributed by atoms with Crippen molar-refractivity contribution in [3.63, 3.8) is 0 Å². The van der Waals surface area contributed by atoms with Gasteiger partial charge in [-0.25, -0.2) is 8.42 Å². The number of rotatable bonds is 4. The third-order valence-electron chi connectivity index (χ3n) is 3.36. The van der Waals surface area contributed by atoms with Crippen molar-refractivity contribution in [2.24, 2.45) is 0 Å². The number of sulfone groups is 1. The van der Waals surface area contributed by atoms with E-state index in [2.05, 4.69) is 0 Å². The second-order valence-corrected chi connectivity index (χ2v) is 7.23. The molecule has 1 heterocycles. The molecule has 0 aliphatic carbocycles. The van der Waals surface area contributed by atoms with E-state index >= 15 is 0 Å². The lowest BCUT2D eigenvalue weighted by Crippen LogP contribution is -2.47. The number of amides is 1. The summed E-state index contributed by atoms with van der Waals surface area (Å²) in [6.45, 7) is 0. The maximum atomic E-state index is 12.1. The summed E-state index contributed by atoms with van der Waals surface area (Å²) in [6.07, 6.45) is -1.12. The topological polar surface area (TPSA) is 83.9 Å². The molecule has 0 radical (unpaired) electrons. The number of halogens is 1. The highest BCUT2D eigenvalue weighted by Gasteiger charge is 2.42. The summed E-state index contributed by atoms with van der Waals surface area (Å²) in [5.41, 5.74) is 0.475. The Balaban J connectivity index is 2.36. The summed E-state index contributed by atoms with van der Waals surface area (Å²) >= 11 is 5.61. The molecule has 0 saturated carbocycles. The molecule has 0 spiro atoms. The minimum Gasteiger partial charge on any atom is -0.497 e. The maximum absolute atomic E-state index is 12.1. The third-order valence-corrected chi connectivity index (χ3v) is 5.29. The molecule has 2 atom stereocenters. The predicted molar refractivity (Wildman–Crippen MR) is 79.6 cm³/mol. The summed E-state index contributed by atoms with van der Waals surface area (Å²) in [7, 11) is -1.85. The van der Waals surface area contributed by atoms with E-state index in [1.807, 2.05) is 0 Å². The zero-order valence-electron chi connectivity index (χ0n) is 11.4. The van der Waals surface area contributed by atoms with E-state index in [0.717, 1.165) is 0 Å². The number of anilines is 1. The fourth-order valence-corrected chi connectivity index (χ4v) is 4.28. The Hall–Kier alpha value is -1.31. The predicted octanol–water partition coefficient (Wildman–Crippen LogP) is 0.425. The van der Waals surface area contributed by atoms with Gasteiger partial charge in [0.1, 0.15) is 11.6 Å². The number of carbonyl (C=O) groups is 1. The molecule has 1 amide bonds. The van der Waals surface area contributed by atoms with Gasteiger partial charge >= 0.3 is 0 Å². The van der Waals surface area contributed by atoms with Crippen LogP contribution in [0.3, 0.4) is 0 Å². The van der Waals surface area contributed by atoms with Gasteiger partial charge in [0.15, 0.2) is 9.84 Å². The second kappa shape index (κ2) is 6.21. The highest BCUT2D eigenvalue weighted by atomic mass is 35.5. The van der Waals surface area contributed by atoms with E-state index < -0.39 is 27.9 Å². The molecule has 2 rings (SSSR count). The van der Waals surface area contributed by atoms with Gasteiger partial charge in [-0.1, -0.05) is 0 Å². The van der Waals surface area contributed by atoms with Crippen molar-refractivity contribution >= 4 is 33.0 Å². The standard InChI is InChI=1S/C13H16ClNO5S/c1-20-10-4-2-9(3-5-10)15(13(17)6-14)11-7-21(18,19)8-12(11)16/h2-5,11-12,16H,6-8H2,1H3/t11-,12-/m1/s1. The van der Waals surface area contributed by atoms with Crippen LogP contribution in [0.2, 0.25) is 0 Å². The zero-order chi connectivity index (χ0) is 15.6. The third kappa shape index (κ3) is 3.48. The molecular weight excluding hydrogens is 318 g/mol. The van der Waals surface area contributed by atoms with E-state index in [9.17, 15) is 18.3 Å². The maximum Gasteiger partial charge on any atom is 0.242 e. The molecule has 6 nitrogen and oxygen atoms in total. The molecule has 1 aromatic rings. The first-order valence-electron chi connectivity index (χ1n) is 6.28. The van der Waals surface area contributed by atoms with Gasteiger partial charge in [-0.15, -0.1) is 11.6 Å². The molecule has 1 fully saturated rings. The lowest BCUT2D eigenvalue weighted by molar-refractivity contribution is -0.117. The molecule has 21 heavy (non-hydrogen) atoms. The highest BCUT2D eigenvalue weighted by molar-refractivity contribution is 7.91. The van der Waals surface area contributed by atoms with Crippen LogP contribution in [0.5, 0.6) is 5.75 Å². The van der Waals surface area contributed by atoms with Crippen molar-refractivity contribution in [3.05, 3.63) is 24.3 Å². The van der Waals surface area contributed by atoms with Crippen molar-refractivity contribution in [2.45, 2.75) is 12.1 Å². The van der Waals surface area contributed by atoms with E-state index in [1.165, 1.54) is 12.0 Å². The minimum absolute atomic E-state index is 0.275. The molecule has 8 heteroatoms. The van der Waals surface area contributed by atoms with Gasteiger partial charge in [0, 0.05) is 5.69 Å². The largest absolute Gasteiger partial charge is 0.497 e. The molecule has 1 aromatic carbocycles. The zero-order valence-corrected chi connectivity index (χ0v) is 13.0. The quantitative estimate of drug-likeness (QED) is 0.808. The molecule has 0 unspecified atom stereocenters. The lowest BCUT2D eigenvalue weighted by Gasteiger charge is -2.30. The highest BCUT2D eigenvalue weighted by Crippen LogP contribution is 2.27. The Morgan fingerprint density at radius 2 is 2.00 bits per heavy atom. The molecule has 1 aliphatic heterocycles. The Morgan fingerprint density at radius 3 is 2.43 bits per heavy atom. The smallest absolute Gasteiger partial charge is 0.242 e. The van der Waals surface area contributed by atoms with E-state index in [4.69, 9.17) is 16.3 Å². The fraction of sp³-hybridized carbons (Fsp3) is 0.462. The number of benzene rings is 1. The van der Waals surface area contributed by atoms with Crippen molar-refractivity contribution in [1.82, 2.24) is 0 Å². The van der Waals surface area contributed by atoms with Crippen LogP contribution in [0, 0.1) is 0 Å². The van der Waals surface area contributed by atoms with Crippen LogP contribution in [-0.2, 0) is 14.6 Å². The van der Waals surface area contributed by atoms with Crippen LogP contribution in [0.25, 0.3) is 0 Å². The summed E-state index contributed by atoms with van der Waals surface area (Å²) in [5, 5.41) is 9.96. The summed E-state index contributed by atoms with van der Waals surface area (Å²) in [4.78, 5) is 13.3. The van der Waals surface area contributed by atoms with Crippen molar-refractivity contribution in [2.75, 3.05) is 29.4 Å². The number of hydrogen-bond acceptors (Lipinski definition) is 5. The van der Waals surface area contributed by atoms with Crippen LogP contribution in [0.1, 0.15) is 0 Å². The van der Waals surface area contributed by atoms with Crippen molar-refractivity contribution < 1.29 is 23.1 Å². The van der Waals surface area contributed by atoms with Crippen LogP contribution in [-0.4, -0.2) is 56.1 Å². The summed E-state index contributed by atoms with van der Waals surface area (Å²) in [6, 6.07) is 5.73. The molecule has 0 aromatic heterocycles. The van der Waals surface area contributed by atoms with Crippen molar-refractivity contribution in [3.8, 4) is 5.75 Å². The first-order valence-corrected chi connectivity index (χ1v) is 8.64. The van der Waals surface area contributed by atoms with Gasteiger partial charge in [-0.3, -0.25) is 4.79 Å². The number of nitrogens with zero attached hydrogens (tertiary/aromatic N) is 1. The first-order chi connectivity index (χ1) is 9.88. The summed E-state index contributed by atoms with van der Waals surface area (Å²) in [5.74, 6) is -0.766. The van der Waals surface area contributed by atoms with Gasteiger partial charge in [0.2, 0.25) is 5.91 Å². The average Bonchev–Trinajstić information content (AvgIpc) is 2.72. The average molecular weight is 334 g/mol. The van der Waals surface area contributed by atoms with Crippen molar-refractivity contribution in [1.29, 1.82) is 0 Å². The number of hydrogen-bond donors (Lipinski definition) is 1. The molecule has 1 N–H and O–H groups in total. The van der Waals surface area contributed by atoms with Crippen LogP contribution in [0.4, 0.5) is 5.69 Å². The number of methoxy groups -OCH3 is 1. The number of carbonyl (C=O) groups excluding carboxylic acids is 1. The van der Waals surface area contributed by atoms with Crippen LogP contribution < -0.4 is 9.64 Å².